The lowest BCUT2D eigenvalue weighted by Gasteiger charge is -2.08. The van der Waals surface area contributed by atoms with Crippen molar-refractivity contribution < 1.29 is 23.8 Å². The summed E-state index contributed by atoms with van der Waals surface area (Å²) in [4.78, 5) is 28.4. The number of rotatable bonds is 6. The monoisotopic (exact) mass is 398 g/mol. The van der Waals surface area contributed by atoms with Gasteiger partial charge in [0.25, 0.3) is 5.91 Å². The van der Waals surface area contributed by atoms with Crippen LogP contribution >= 0.6 is 11.3 Å². The summed E-state index contributed by atoms with van der Waals surface area (Å²) in [5, 5.41) is 5.03. The largest absolute Gasteiger partial charge is 0.497 e. The lowest BCUT2D eigenvalue weighted by molar-refractivity contribution is 0.0600. The van der Waals surface area contributed by atoms with E-state index in [1.165, 1.54) is 30.6 Å². The van der Waals surface area contributed by atoms with Gasteiger partial charge in [0.15, 0.2) is 5.13 Å². The van der Waals surface area contributed by atoms with Crippen molar-refractivity contribution >= 4 is 28.3 Å². The standard InChI is InChI=1S/C20H18N2O5S/c1-25-14-8-9-17(26-2)15(10-14)16-11-28-20(21-16)22-18(23)12-4-6-13(7-5-12)19(24)27-3/h4-11H,1-3H3,(H,21,22,23). The SMILES string of the molecule is COC(=O)c1ccc(C(=O)Nc2nc(-c3cc(OC)ccc3OC)cs2)cc1. The molecule has 0 bridgehead atoms. The number of anilines is 1. The normalized spacial score (nSPS) is 10.2. The van der Waals surface area contributed by atoms with Crippen LogP contribution in [0, 0.1) is 0 Å². The summed E-state index contributed by atoms with van der Waals surface area (Å²) in [5.74, 6) is 0.557. The highest BCUT2D eigenvalue weighted by atomic mass is 32.1. The van der Waals surface area contributed by atoms with E-state index in [4.69, 9.17) is 9.47 Å². The highest BCUT2D eigenvalue weighted by Gasteiger charge is 2.14. The Balaban J connectivity index is 1.78. The Labute approximate surface area is 165 Å². The van der Waals surface area contributed by atoms with Gasteiger partial charge in [0.05, 0.1) is 32.6 Å². The first-order chi connectivity index (χ1) is 13.5. The number of methoxy groups -OCH3 is 3. The Kier molecular flexibility index (Phi) is 5.90. The van der Waals surface area contributed by atoms with Crippen molar-refractivity contribution in [3.8, 4) is 22.8 Å². The number of hydrogen-bond donors (Lipinski definition) is 1. The number of nitrogens with one attached hydrogen (secondary N) is 1. The lowest BCUT2D eigenvalue weighted by atomic mass is 10.1. The Morgan fingerprint density at radius 2 is 1.68 bits per heavy atom. The molecule has 7 nitrogen and oxygen atoms in total. The van der Waals surface area contributed by atoms with E-state index >= 15 is 0 Å². The second-order valence-electron chi connectivity index (χ2n) is 5.63. The summed E-state index contributed by atoms with van der Waals surface area (Å²) in [6.45, 7) is 0. The van der Waals surface area contributed by atoms with Gasteiger partial charge in [0.2, 0.25) is 0 Å². The van der Waals surface area contributed by atoms with Gasteiger partial charge in [-0.2, -0.15) is 0 Å². The van der Waals surface area contributed by atoms with Gasteiger partial charge in [0.1, 0.15) is 11.5 Å². The Morgan fingerprint density at radius 1 is 0.964 bits per heavy atom. The van der Waals surface area contributed by atoms with Crippen LogP contribution in [0.1, 0.15) is 20.7 Å². The number of aromatic nitrogens is 1. The first-order valence-electron chi connectivity index (χ1n) is 8.23. The molecule has 1 amide bonds. The van der Waals surface area contributed by atoms with Crippen molar-refractivity contribution in [3.05, 3.63) is 59.0 Å². The van der Waals surface area contributed by atoms with Crippen molar-refractivity contribution in [2.45, 2.75) is 0 Å². The number of hydrogen-bond acceptors (Lipinski definition) is 7. The summed E-state index contributed by atoms with van der Waals surface area (Å²) in [6.07, 6.45) is 0. The molecule has 144 valence electrons. The molecule has 0 aliphatic rings. The maximum Gasteiger partial charge on any atom is 0.337 e. The van der Waals surface area contributed by atoms with Crippen LogP contribution in [-0.4, -0.2) is 38.2 Å². The van der Waals surface area contributed by atoms with Crippen LogP contribution in [0.5, 0.6) is 11.5 Å². The second-order valence-corrected chi connectivity index (χ2v) is 6.49. The topological polar surface area (TPSA) is 86.8 Å². The lowest BCUT2D eigenvalue weighted by Crippen LogP contribution is -2.12. The first-order valence-corrected chi connectivity index (χ1v) is 9.11. The van der Waals surface area contributed by atoms with Crippen molar-refractivity contribution in [2.24, 2.45) is 0 Å². The van der Waals surface area contributed by atoms with Crippen LogP contribution in [-0.2, 0) is 4.74 Å². The molecule has 0 atom stereocenters. The third-order valence-electron chi connectivity index (χ3n) is 3.98. The minimum Gasteiger partial charge on any atom is -0.497 e. The number of ether oxygens (including phenoxy) is 3. The molecule has 1 aromatic heterocycles. The molecule has 0 spiro atoms. The van der Waals surface area contributed by atoms with Crippen molar-refractivity contribution in [3.63, 3.8) is 0 Å². The molecule has 8 heteroatoms. The van der Waals surface area contributed by atoms with Crippen molar-refractivity contribution in [2.75, 3.05) is 26.6 Å². The third kappa shape index (κ3) is 4.12. The fourth-order valence-electron chi connectivity index (χ4n) is 2.51. The van der Waals surface area contributed by atoms with Crippen LogP contribution in [0.25, 0.3) is 11.3 Å². The van der Waals surface area contributed by atoms with E-state index < -0.39 is 5.97 Å². The molecule has 3 rings (SSSR count). The molecule has 1 heterocycles. The number of carbonyl (C=O) groups is 2. The number of thiazole rings is 1. The average molecular weight is 398 g/mol. The quantitative estimate of drug-likeness (QED) is 0.635. The molecule has 0 saturated carbocycles. The summed E-state index contributed by atoms with van der Waals surface area (Å²) in [7, 11) is 4.47. The molecule has 3 aromatic rings. The van der Waals surface area contributed by atoms with Crippen LogP contribution in [0.2, 0.25) is 0 Å². The predicted molar refractivity (Wildman–Crippen MR) is 106 cm³/mol. The highest BCUT2D eigenvalue weighted by molar-refractivity contribution is 7.14. The summed E-state index contributed by atoms with van der Waals surface area (Å²) >= 11 is 1.30. The summed E-state index contributed by atoms with van der Waals surface area (Å²) < 4.78 is 15.3. The van der Waals surface area contributed by atoms with Crippen molar-refractivity contribution in [1.29, 1.82) is 0 Å². The zero-order valence-electron chi connectivity index (χ0n) is 15.5. The fourth-order valence-corrected chi connectivity index (χ4v) is 3.22. The molecule has 0 fully saturated rings. The van der Waals surface area contributed by atoms with Crippen LogP contribution < -0.4 is 14.8 Å². The van der Waals surface area contributed by atoms with Gasteiger partial charge in [-0.05, 0) is 42.5 Å². The minimum atomic E-state index is -0.455. The van der Waals surface area contributed by atoms with E-state index in [0.717, 1.165) is 5.56 Å². The molecule has 0 unspecified atom stereocenters. The molecular weight excluding hydrogens is 380 g/mol. The van der Waals surface area contributed by atoms with Gasteiger partial charge in [0, 0.05) is 16.5 Å². The Hall–Kier alpha value is -3.39. The summed E-state index contributed by atoms with van der Waals surface area (Å²) in [5.41, 5.74) is 2.21. The van der Waals surface area contributed by atoms with Gasteiger partial charge in [-0.25, -0.2) is 9.78 Å². The van der Waals surface area contributed by atoms with Gasteiger partial charge >= 0.3 is 5.97 Å². The van der Waals surface area contributed by atoms with Gasteiger partial charge in [-0.3, -0.25) is 10.1 Å². The molecule has 28 heavy (non-hydrogen) atoms. The van der Waals surface area contributed by atoms with E-state index in [0.29, 0.717) is 33.5 Å². The number of amides is 1. The van der Waals surface area contributed by atoms with Gasteiger partial charge in [-0.15, -0.1) is 11.3 Å². The number of nitrogens with zero attached hydrogens (tertiary/aromatic N) is 1. The van der Waals surface area contributed by atoms with E-state index in [1.807, 2.05) is 11.4 Å². The fraction of sp³-hybridized carbons (Fsp3) is 0.150. The Bertz CT molecular complexity index is 998. The van der Waals surface area contributed by atoms with Crippen molar-refractivity contribution in [1.82, 2.24) is 4.98 Å². The minimum absolute atomic E-state index is 0.324. The predicted octanol–water partition coefficient (Wildman–Crippen LogP) is 3.87. The molecule has 2 aromatic carbocycles. The van der Waals surface area contributed by atoms with E-state index in [9.17, 15) is 9.59 Å². The highest BCUT2D eigenvalue weighted by Crippen LogP contribution is 2.35. The smallest absolute Gasteiger partial charge is 0.337 e. The van der Waals surface area contributed by atoms with Crippen LogP contribution in [0.3, 0.4) is 0 Å². The molecule has 0 saturated heterocycles. The molecule has 0 aliphatic carbocycles. The molecule has 1 N–H and O–H groups in total. The number of benzene rings is 2. The number of carbonyl (C=O) groups excluding carboxylic acids is 2. The van der Waals surface area contributed by atoms with E-state index in [1.54, 1.807) is 38.5 Å². The van der Waals surface area contributed by atoms with Gasteiger partial charge < -0.3 is 14.2 Å². The molecule has 0 aliphatic heterocycles. The second kappa shape index (κ2) is 8.53. The van der Waals surface area contributed by atoms with E-state index in [2.05, 4.69) is 15.0 Å². The zero-order valence-corrected chi connectivity index (χ0v) is 16.3. The maximum absolute atomic E-state index is 12.4. The molecule has 0 radical (unpaired) electrons. The Morgan fingerprint density at radius 3 is 2.32 bits per heavy atom. The third-order valence-corrected chi connectivity index (χ3v) is 4.73. The first kappa shape index (κ1) is 19.4. The van der Waals surface area contributed by atoms with Crippen LogP contribution in [0.4, 0.5) is 5.13 Å². The van der Waals surface area contributed by atoms with Gasteiger partial charge in [-0.1, -0.05) is 0 Å². The van der Waals surface area contributed by atoms with Crippen LogP contribution in [0.15, 0.2) is 47.8 Å². The number of esters is 1. The average Bonchev–Trinajstić information content (AvgIpc) is 3.21. The summed E-state index contributed by atoms with van der Waals surface area (Å²) in [6, 6.07) is 11.6. The molecular formula is C20H18N2O5S. The maximum atomic E-state index is 12.4. The van der Waals surface area contributed by atoms with E-state index in [-0.39, 0.29) is 5.91 Å². The zero-order chi connectivity index (χ0) is 20.1.